The van der Waals surface area contributed by atoms with E-state index in [1.54, 1.807) is 0 Å². The van der Waals surface area contributed by atoms with E-state index >= 15 is 0 Å². The highest BCUT2D eigenvalue weighted by Gasteiger charge is 2.15. The number of likely N-dealkylation sites (N-methyl/N-ethyl adjacent to an activating group) is 1. The summed E-state index contributed by atoms with van der Waals surface area (Å²) in [4.78, 5) is 2.44. The molecule has 0 aliphatic carbocycles. The van der Waals surface area contributed by atoms with Gasteiger partial charge in [-0.15, -0.1) is 0 Å². The first-order valence-electron chi connectivity index (χ1n) is 7.15. The average Bonchev–Trinajstić information content (AvgIpc) is 2.64. The molecule has 5 heteroatoms. The molecular weight excluding hydrogens is 304 g/mol. The Morgan fingerprint density at radius 3 is 2.53 bits per heavy atom. The lowest BCUT2D eigenvalue weighted by molar-refractivity contribution is 0.268. The maximum Gasteiger partial charge on any atom is 0.0767 e. The van der Waals surface area contributed by atoms with Crippen LogP contribution in [-0.4, -0.2) is 40.4 Å². The highest BCUT2D eigenvalue weighted by molar-refractivity contribution is 9.10. The van der Waals surface area contributed by atoms with E-state index in [0.717, 1.165) is 38.3 Å². The molecule has 0 saturated heterocycles. The van der Waals surface area contributed by atoms with E-state index in [1.807, 2.05) is 11.7 Å². The van der Waals surface area contributed by atoms with Crippen molar-refractivity contribution < 1.29 is 0 Å². The van der Waals surface area contributed by atoms with Crippen LogP contribution in [0.25, 0.3) is 0 Å². The maximum atomic E-state index is 4.55. The van der Waals surface area contributed by atoms with E-state index in [9.17, 15) is 0 Å². The first kappa shape index (κ1) is 16.7. The molecule has 0 fully saturated rings. The van der Waals surface area contributed by atoms with Crippen LogP contribution in [0.1, 0.15) is 39.1 Å². The summed E-state index contributed by atoms with van der Waals surface area (Å²) in [5.74, 6) is 0. The minimum Gasteiger partial charge on any atom is -0.313 e. The zero-order valence-electron chi connectivity index (χ0n) is 12.8. The van der Waals surface area contributed by atoms with Gasteiger partial charge in [-0.2, -0.15) is 5.10 Å². The molecule has 1 N–H and O–H groups in total. The van der Waals surface area contributed by atoms with Gasteiger partial charge >= 0.3 is 0 Å². The molecule has 1 aromatic rings. The fourth-order valence-corrected chi connectivity index (χ4v) is 2.81. The fraction of sp³-hybridized carbons (Fsp3) is 0.786. The van der Waals surface area contributed by atoms with Crippen LogP contribution in [0.4, 0.5) is 0 Å². The molecule has 0 saturated carbocycles. The van der Waals surface area contributed by atoms with Crippen molar-refractivity contribution in [2.75, 3.05) is 19.6 Å². The highest BCUT2D eigenvalue weighted by Crippen LogP contribution is 2.22. The number of aromatic nitrogens is 2. The SMILES string of the molecule is CCc1nn(C)c(CN(CC)CCNC(C)C)c1Br. The number of halogens is 1. The molecule has 0 radical (unpaired) electrons. The lowest BCUT2D eigenvalue weighted by Gasteiger charge is -2.21. The molecule has 0 atom stereocenters. The number of aryl methyl sites for hydroxylation is 2. The number of rotatable bonds is 8. The minimum atomic E-state index is 0.550. The Morgan fingerprint density at radius 2 is 2.05 bits per heavy atom. The van der Waals surface area contributed by atoms with E-state index in [4.69, 9.17) is 0 Å². The third-order valence-electron chi connectivity index (χ3n) is 3.30. The Balaban J connectivity index is 2.62. The van der Waals surface area contributed by atoms with Crippen molar-refractivity contribution in [2.24, 2.45) is 7.05 Å². The van der Waals surface area contributed by atoms with E-state index in [0.29, 0.717) is 6.04 Å². The first-order chi connectivity index (χ1) is 8.99. The molecule has 0 aromatic carbocycles. The number of hydrogen-bond acceptors (Lipinski definition) is 3. The summed E-state index contributed by atoms with van der Waals surface area (Å²) in [7, 11) is 2.03. The van der Waals surface area contributed by atoms with Gasteiger partial charge in [0.15, 0.2) is 0 Å². The van der Waals surface area contributed by atoms with Crippen molar-refractivity contribution in [3.8, 4) is 0 Å². The smallest absolute Gasteiger partial charge is 0.0767 e. The van der Waals surface area contributed by atoms with E-state index < -0.39 is 0 Å². The molecule has 0 bridgehead atoms. The standard InChI is InChI=1S/C14H27BrN4/c1-6-12-14(15)13(18(5)17-12)10-19(7-2)9-8-16-11(3)4/h11,16H,6-10H2,1-5H3. The Morgan fingerprint density at radius 1 is 1.37 bits per heavy atom. The van der Waals surface area contributed by atoms with Gasteiger partial charge in [0.05, 0.1) is 15.9 Å². The van der Waals surface area contributed by atoms with Gasteiger partial charge in [0.1, 0.15) is 0 Å². The van der Waals surface area contributed by atoms with Crippen LogP contribution in [0.2, 0.25) is 0 Å². The summed E-state index contributed by atoms with van der Waals surface area (Å²) in [6.45, 7) is 12.8. The summed E-state index contributed by atoms with van der Waals surface area (Å²) >= 11 is 3.69. The van der Waals surface area contributed by atoms with Crippen molar-refractivity contribution in [1.29, 1.82) is 0 Å². The first-order valence-corrected chi connectivity index (χ1v) is 7.94. The van der Waals surface area contributed by atoms with Gasteiger partial charge in [-0.25, -0.2) is 0 Å². The predicted octanol–water partition coefficient (Wildman–Crippen LogP) is 2.56. The van der Waals surface area contributed by atoms with Crippen LogP contribution in [-0.2, 0) is 20.0 Å². The zero-order valence-corrected chi connectivity index (χ0v) is 14.4. The molecule has 1 aromatic heterocycles. The maximum absolute atomic E-state index is 4.55. The Hall–Kier alpha value is -0.390. The van der Waals surface area contributed by atoms with Gasteiger partial charge in [0.25, 0.3) is 0 Å². The van der Waals surface area contributed by atoms with Gasteiger partial charge in [-0.1, -0.05) is 27.7 Å². The van der Waals surface area contributed by atoms with Crippen LogP contribution in [0.15, 0.2) is 4.47 Å². The molecule has 0 unspecified atom stereocenters. The van der Waals surface area contributed by atoms with Crippen molar-refractivity contribution >= 4 is 15.9 Å². The molecule has 0 spiro atoms. The minimum absolute atomic E-state index is 0.550. The van der Waals surface area contributed by atoms with Crippen molar-refractivity contribution in [1.82, 2.24) is 20.0 Å². The fourth-order valence-electron chi connectivity index (χ4n) is 2.06. The molecular formula is C14H27BrN4. The van der Waals surface area contributed by atoms with Gasteiger partial charge < -0.3 is 5.32 Å². The molecule has 4 nitrogen and oxygen atoms in total. The lowest BCUT2D eigenvalue weighted by Crippen LogP contribution is -2.35. The highest BCUT2D eigenvalue weighted by atomic mass is 79.9. The molecule has 1 heterocycles. The van der Waals surface area contributed by atoms with Crippen molar-refractivity contribution in [3.05, 3.63) is 15.9 Å². The third kappa shape index (κ3) is 4.89. The van der Waals surface area contributed by atoms with Crippen molar-refractivity contribution in [3.63, 3.8) is 0 Å². The predicted molar refractivity (Wildman–Crippen MR) is 84.4 cm³/mol. The largest absolute Gasteiger partial charge is 0.313 e. The van der Waals surface area contributed by atoms with Gasteiger partial charge in [0, 0.05) is 32.7 Å². The average molecular weight is 331 g/mol. The summed E-state index contributed by atoms with van der Waals surface area (Å²) in [5.41, 5.74) is 2.41. The molecule has 0 aliphatic heterocycles. The summed E-state index contributed by atoms with van der Waals surface area (Å²) in [6.07, 6.45) is 0.968. The van der Waals surface area contributed by atoms with Crippen LogP contribution in [0, 0.1) is 0 Å². The summed E-state index contributed by atoms with van der Waals surface area (Å²) in [5, 5.41) is 8.02. The molecule has 0 aliphatic rings. The lowest BCUT2D eigenvalue weighted by atomic mass is 10.3. The van der Waals surface area contributed by atoms with E-state index in [1.165, 1.54) is 10.2 Å². The Labute approximate surface area is 125 Å². The zero-order chi connectivity index (χ0) is 14.4. The number of hydrogen-bond donors (Lipinski definition) is 1. The second-order valence-electron chi connectivity index (χ2n) is 5.16. The number of nitrogens with zero attached hydrogens (tertiary/aromatic N) is 3. The molecule has 0 amide bonds. The summed E-state index contributed by atoms with van der Waals surface area (Å²) in [6, 6.07) is 0.550. The van der Waals surface area contributed by atoms with Crippen LogP contribution in [0.5, 0.6) is 0 Å². The van der Waals surface area contributed by atoms with Crippen LogP contribution in [0.3, 0.4) is 0 Å². The molecule has 1 rings (SSSR count). The van der Waals surface area contributed by atoms with Gasteiger partial charge in [-0.05, 0) is 28.9 Å². The monoisotopic (exact) mass is 330 g/mol. The quantitative estimate of drug-likeness (QED) is 0.795. The summed E-state index contributed by atoms with van der Waals surface area (Å²) < 4.78 is 3.18. The van der Waals surface area contributed by atoms with E-state index in [-0.39, 0.29) is 0 Å². The third-order valence-corrected chi connectivity index (χ3v) is 4.22. The van der Waals surface area contributed by atoms with Crippen LogP contribution >= 0.6 is 15.9 Å². The van der Waals surface area contributed by atoms with Gasteiger partial charge in [0.2, 0.25) is 0 Å². The second-order valence-corrected chi connectivity index (χ2v) is 5.96. The molecule has 19 heavy (non-hydrogen) atoms. The normalized spacial score (nSPS) is 11.8. The molecule has 110 valence electrons. The van der Waals surface area contributed by atoms with Gasteiger partial charge in [-0.3, -0.25) is 9.58 Å². The van der Waals surface area contributed by atoms with Crippen LogP contribution < -0.4 is 5.32 Å². The Kier molecular flexibility index (Phi) is 7.04. The topological polar surface area (TPSA) is 33.1 Å². The van der Waals surface area contributed by atoms with E-state index in [2.05, 4.69) is 58.9 Å². The van der Waals surface area contributed by atoms with Crippen molar-refractivity contribution in [2.45, 2.75) is 46.7 Å². The Bertz CT molecular complexity index is 387. The second kappa shape index (κ2) is 8.02. The number of nitrogens with one attached hydrogen (secondary N) is 1.